The third kappa shape index (κ3) is 1.78. The molecule has 17 heavy (non-hydrogen) atoms. The van der Waals surface area contributed by atoms with Gasteiger partial charge in [-0.2, -0.15) is 0 Å². The van der Waals surface area contributed by atoms with E-state index < -0.39 is 5.41 Å². The number of esters is 1. The number of hydrogen-bond acceptors (Lipinski definition) is 2. The summed E-state index contributed by atoms with van der Waals surface area (Å²) in [6, 6.07) is 8.25. The van der Waals surface area contributed by atoms with Crippen molar-refractivity contribution in [2.45, 2.75) is 25.2 Å². The molecule has 0 N–H and O–H groups in total. The van der Waals surface area contributed by atoms with Gasteiger partial charge in [0.05, 0.1) is 12.5 Å². The Bertz CT molecular complexity index is 433. The number of rotatable bonds is 4. The average Bonchev–Trinajstić information content (AvgIpc) is 3.13. The summed E-state index contributed by atoms with van der Waals surface area (Å²) >= 11 is 0. The summed E-state index contributed by atoms with van der Waals surface area (Å²) in [6.45, 7) is 5.91. The van der Waals surface area contributed by atoms with Crippen LogP contribution in [0.3, 0.4) is 0 Å². The van der Waals surface area contributed by atoms with E-state index >= 15 is 0 Å². The summed E-state index contributed by atoms with van der Waals surface area (Å²) < 4.78 is 4.93. The summed E-state index contributed by atoms with van der Waals surface area (Å²) in [5.74, 6) is 0.0640. The summed E-state index contributed by atoms with van der Waals surface area (Å²) in [4.78, 5) is 12.0. The van der Waals surface area contributed by atoms with Crippen molar-refractivity contribution in [3.05, 3.63) is 48.0 Å². The van der Waals surface area contributed by atoms with Crippen molar-refractivity contribution >= 4 is 5.97 Å². The van der Waals surface area contributed by atoms with E-state index in [-0.39, 0.29) is 11.9 Å². The highest BCUT2D eigenvalue weighted by Crippen LogP contribution is 2.55. The second kappa shape index (κ2) is 4.36. The van der Waals surface area contributed by atoms with Crippen LogP contribution in [-0.4, -0.2) is 13.1 Å². The average molecular weight is 230 g/mol. The zero-order valence-corrected chi connectivity index (χ0v) is 10.4. The molecule has 1 aliphatic rings. The zero-order chi connectivity index (χ0) is 12.5. The van der Waals surface area contributed by atoms with E-state index in [0.29, 0.717) is 0 Å². The van der Waals surface area contributed by atoms with Crippen LogP contribution in [0.25, 0.3) is 0 Å². The Morgan fingerprint density at radius 2 is 2.18 bits per heavy atom. The van der Waals surface area contributed by atoms with Crippen LogP contribution in [-0.2, 0) is 21.4 Å². The maximum atomic E-state index is 12.0. The predicted molar refractivity (Wildman–Crippen MR) is 67.8 cm³/mol. The lowest BCUT2D eigenvalue weighted by molar-refractivity contribution is -0.144. The number of carbonyl (C=O) groups excluding carboxylic acids is 1. The third-order valence-electron chi connectivity index (χ3n) is 3.73. The van der Waals surface area contributed by atoms with Crippen molar-refractivity contribution in [3.8, 4) is 0 Å². The summed E-state index contributed by atoms with van der Waals surface area (Å²) in [5.41, 5.74) is 1.86. The van der Waals surface area contributed by atoms with Gasteiger partial charge in [0.2, 0.25) is 0 Å². The van der Waals surface area contributed by atoms with Gasteiger partial charge in [-0.05, 0) is 29.9 Å². The van der Waals surface area contributed by atoms with Gasteiger partial charge < -0.3 is 4.74 Å². The molecule has 0 saturated heterocycles. The van der Waals surface area contributed by atoms with Gasteiger partial charge in [0, 0.05) is 0 Å². The Kier molecular flexibility index (Phi) is 3.05. The maximum Gasteiger partial charge on any atom is 0.316 e. The number of aryl methyl sites for hydroxylation is 1. The quantitative estimate of drug-likeness (QED) is 0.587. The van der Waals surface area contributed by atoms with E-state index in [2.05, 4.69) is 25.6 Å². The van der Waals surface area contributed by atoms with Crippen LogP contribution < -0.4 is 0 Å². The molecule has 0 radical (unpaired) electrons. The topological polar surface area (TPSA) is 26.3 Å². The standard InChI is InChI=1S/C15H18O2/c1-4-11-6-8-13(9-7-11)15(14(16)17-3)10-12(15)5-2/h5-9,12H,2,4,10H2,1,3H3/t12-,15+/m1/s1. The molecule has 1 saturated carbocycles. The molecule has 0 aliphatic heterocycles. The number of methoxy groups -OCH3 is 1. The van der Waals surface area contributed by atoms with Gasteiger partial charge in [0.1, 0.15) is 0 Å². The molecule has 2 nitrogen and oxygen atoms in total. The lowest BCUT2D eigenvalue weighted by atomic mass is 9.92. The third-order valence-corrected chi connectivity index (χ3v) is 3.73. The molecule has 0 heterocycles. The first kappa shape index (κ1) is 11.9. The van der Waals surface area contributed by atoms with Crippen molar-refractivity contribution < 1.29 is 9.53 Å². The van der Waals surface area contributed by atoms with Gasteiger partial charge >= 0.3 is 5.97 Å². The van der Waals surface area contributed by atoms with Gasteiger partial charge in [-0.3, -0.25) is 4.79 Å². The molecular formula is C15H18O2. The van der Waals surface area contributed by atoms with Gasteiger partial charge in [-0.1, -0.05) is 37.3 Å². The van der Waals surface area contributed by atoms with Crippen molar-refractivity contribution in [3.63, 3.8) is 0 Å². The van der Waals surface area contributed by atoms with Gasteiger partial charge in [0.15, 0.2) is 0 Å². The Labute approximate surface area is 102 Å². The number of hydrogen-bond donors (Lipinski definition) is 0. The lowest BCUT2D eigenvalue weighted by Crippen LogP contribution is -2.24. The number of allylic oxidation sites excluding steroid dienone is 1. The van der Waals surface area contributed by atoms with Crippen LogP contribution in [0.1, 0.15) is 24.5 Å². The van der Waals surface area contributed by atoms with Crippen molar-refractivity contribution in [2.24, 2.45) is 5.92 Å². The molecule has 0 amide bonds. The van der Waals surface area contributed by atoms with E-state index in [9.17, 15) is 4.79 Å². The smallest absolute Gasteiger partial charge is 0.316 e. The second-order valence-corrected chi connectivity index (χ2v) is 4.56. The number of ether oxygens (including phenoxy) is 1. The second-order valence-electron chi connectivity index (χ2n) is 4.56. The summed E-state index contributed by atoms with van der Waals surface area (Å²) in [7, 11) is 1.45. The summed E-state index contributed by atoms with van der Waals surface area (Å²) in [6.07, 6.45) is 3.68. The fourth-order valence-corrected chi connectivity index (χ4v) is 2.48. The minimum absolute atomic E-state index is 0.147. The fourth-order valence-electron chi connectivity index (χ4n) is 2.48. The Morgan fingerprint density at radius 1 is 1.53 bits per heavy atom. The normalized spacial score (nSPS) is 26.4. The number of benzene rings is 1. The van der Waals surface area contributed by atoms with Crippen LogP contribution in [0, 0.1) is 5.92 Å². The molecule has 0 bridgehead atoms. The Balaban J connectivity index is 2.34. The van der Waals surface area contributed by atoms with Crippen LogP contribution in [0.15, 0.2) is 36.9 Å². The fraction of sp³-hybridized carbons (Fsp3) is 0.400. The van der Waals surface area contributed by atoms with E-state index in [1.165, 1.54) is 12.7 Å². The first-order chi connectivity index (χ1) is 8.18. The van der Waals surface area contributed by atoms with Gasteiger partial charge in [0.25, 0.3) is 0 Å². The van der Waals surface area contributed by atoms with Gasteiger partial charge in [-0.15, -0.1) is 6.58 Å². The van der Waals surface area contributed by atoms with E-state index in [0.717, 1.165) is 18.4 Å². The Morgan fingerprint density at radius 3 is 2.59 bits per heavy atom. The highest BCUT2D eigenvalue weighted by Gasteiger charge is 2.60. The Hall–Kier alpha value is -1.57. The van der Waals surface area contributed by atoms with Crippen LogP contribution in [0.2, 0.25) is 0 Å². The first-order valence-corrected chi connectivity index (χ1v) is 5.99. The molecular weight excluding hydrogens is 212 g/mol. The molecule has 0 aromatic heterocycles. The van der Waals surface area contributed by atoms with E-state index in [1.54, 1.807) is 0 Å². The molecule has 0 unspecified atom stereocenters. The SMILES string of the molecule is C=C[C@@H]1C[C@@]1(C(=O)OC)c1ccc(CC)cc1. The van der Waals surface area contributed by atoms with Crippen molar-refractivity contribution in [1.29, 1.82) is 0 Å². The molecule has 1 aliphatic carbocycles. The van der Waals surface area contributed by atoms with Crippen LogP contribution >= 0.6 is 0 Å². The number of carbonyl (C=O) groups is 1. The largest absolute Gasteiger partial charge is 0.468 e. The molecule has 90 valence electrons. The highest BCUT2D eigenvalue weighted by molar-refractivity contribution is 5.88. The van der Waals surface area contributed by atoms with Crippen LogP contribution in [0.5, 0.6) is 0 Å². The molecule has 0 spiro atoms. The maximum absolute atomic E-state index is 12.0. The minimum atomic E-state index is -0.469. The first-order valence-electron chi connectivity index (χ1n) is 5.99. The molecule has 1 aromatic rings. The highest BCUT2D eigenvalue weighted by atomic mass is 16.5. The molecule has 1 fully saturated rings. The zero-order valence-electron chi connectivity index (χ0n) is 10.4. The van der Waals surface area contributed by atoms with Gasteiger partial charge in [-0.25, -0.2) is 0 Å². The molecule has 1 aromatic carbocycles. The van der Waals surface area contributed by atoms with Crippen molar-refractivity contribution in [2.75, 3.05) is 7.11 Å². The molecule has 2 atom stereocenters. The summed E-state index contributed by atoms with van der Waals surface area (Å²) in [5, 5.41) is 0. The lowest BCUT2D eigenvalue weighted by Gasteiger charge is -2.15. The van der Waals surface area contributed by atoms with Crippen LogP contribution in [0.4, 0.5) is 0 Å². The predicted octanol–water partition coefficient (Wildman–Crippen LogP) is 2.87. The minimum Gasteiger partial charge on any atom is -0.468 e. The van der Waals surface area contributed by atoms with Crippen molar-refractivity contribution in [1.82, 2.24) is 0 Å². The van der Waals surface area contributed by atoms with E-state index in [4.69, 9.17) is 4.74 Å². The molecule has 2 heteroatoms. The monoisotopic (exact) mass is 230 g/mol. The molecule has 2 rings (SSSR count). The van der Waals surface area contributed by atoms with E-state index in [1.807, 2.05) is 18.2 Å².